The number of esters is 1. The monoisotopic (exact) mass is 375 g/mol. The van der Waals surface area contributed by atoms with Gasteiger partial charge in [-0.05, 0) is 18.4 Å². The number of ether oxygens (including phenoxy) is 1. The minimum absolute atomic E-state index is 0.0372. The maximum absolute atomic E-state index is 12.0. The van der Waals surface area contributed by atoms with Crippen LogP contribution in [0.15, 0.2) is 30.3 Å². The van der Waals surface area contributed by atoms with Gasteiger partial charge in [0.15, 0.2) is 0 Å². The molecular formula is C17H20F3NO5. The quantitative estimate of drug-likeness (QED) is 0.485. The predicted molar refractivity (Wildman–Crippen MR) is 84.9 cm³/mol. The van der Waals surface area contributed by atoms with E-state index in [0.29, 0.717) is 0 Å². The Morgan fingerprint density at radius 1 is 1.12 bits per heavy atom. The van der Waals surface area contributed by atoms with Crippen molar-refractivity contribution in [3.8, 4) is 0 Å². The first-order valence-corrected chi connectivity index (χ1v) is 7.97. The molecule has 1 rings (SSSR count). The third kappa shape index (κ3) is 8.50. The van der Waals surface area contributed by atoms with Crippen molar-refractivity contribution in [3.63, 3.8) is 0 Å². The highest BCUT2D eigenvalue weighted by Gasteiger charge is 2.38. The van der Waals surface area contributed by atoms with E-state index in [2.05, 4.69) is 0 Å². The average molecular weight is 375 g/mol. The van der Waals surface area contributed by atoms with Crippen molar-refractivity contribution in [2.24, 2.45) is 5.92 Å². The number of rotatable bonds is 10. The van der Waals surface area contributed by atoms with E-state index in [9.17, 15) is 27.6 Å². The summed E-state index contributed by atoms with van der Waals surface area (Å²) in [6, 6.07) is 8.89. The molecule has 0 heterocycles. The SMILES string of the molecule is O=C(C[C@@H](CCCCNC(=O)C(F)(F)F)C(=O)O)OCc1ccccc1. The van der Waals surface area contributed by atoms with Crippen molar-refractivity contribution < 1.29 is 37.4 Å². The highest BCUT2D eigenvalue weighted by Crippen LogP contribution is 2.16. The van der Waals surface area contributed by atoms with Crippen molar-refractivity contribution in [2.75, 3.05) is 6.54 Å². The van der Waals surface area contributed by atoms with Crippen molar-refractivity contribution in [1.82, 2.24) is 5.32 Å². The number of carboxylic acids is 1. The van der Waals surface area contributed by atoms with Crippen LogP contribution < -0.4 is 5.32 Å². The number of halogens is 3. The molecule has 1 aromatic rings. The normalized spacial score (nSPS) is 12.3. The fourth-order valence-electron chi connectivity index (χ4n) is 2.13. The molecule has 144 valence electrons. The van der Waals surface area contributed by atoms with Crippen LogP contribution >= 0.6 is 0 Å². The van der Waals surface area contributed by atoms with Crippen molar-refractivity contribution >= 4 is 17.8 Å². The molecule has 1 aromatic carbocycles. The second kappa shape index (κ2) is 10.4. The van der Waals surface area contributed by atoms with Gasteiger partial charge in [0.25, 0.3) is 0 Å². The minimum Gasteiger partial charge on any atom is -0.481 e. The Labute approximate surface area is 148 Å². The van der Waals surface area contributed by atoms with E-state index in [1.807, 2.05) is 6.07 Å². The van der Waals surface area contributed by atoms with Gasteiger partial charge in [-0.25, -0.2) is 0 Å². The third-order valence-corrected chi connectivity index (χ3v) is 3.53. The Morgan fingerprint density at radius 2 is 1.77 bits per heavy atom. The fraction of sp³-hybridized carbons (Fsp3) is 0.471. The number of carboxylic acid groups (broad SMARTS) is 1. The first-order valence-electron chi connectivity index (χ1n) is 7.97. The summed E-state index contributed by atoms with van der Waals surface area (Å²) in [6.45, 7) is -0.182. The number of alkyl halides is 3. The van der Waals surface area contributed by atoms with Crippen LogP contribution in [0.3, 0.4) is 0 Å². The molecule has 6 nitrogen and oxygen atoms in total. The van der Waals surface area contributed by atoms with E-state index in [-0.39, 0.29) is 38.8 Å². The molecule has 0 aliphatic carbocycles. The molecule has 0 spiro atoms. The highest BCUT2D eigenvalue weighted by molar-refractivity contribution is 5.81. The molecule has 1 atom stereocenters. The van der Waals surface area contributed by atoms with Crippen LogP contribution in [-0.2, 0) is 25.7 Å². The lowest BCUT2D eigenvalue weighted by atomic mass is 9.98. The Hall–Kier alpha value is -2.58. The molecule has 2 N–H and O–H groups in total. The zero-order valence-electron chi connectivity index (χ0n) is 13.9. The second-order valence-electron chi connectivity index (χ2n) is 5.64. The average Bonchev–Trinajstić information content (AvgIpc) is 2.58. The van der Waals surface area contributed by atoms with Gasteiger partial charge in [0.05, 0.1) is 12.3 Å². The number of nitrogens with one attached hydrogen (secondary N) is 1. The predicted octanol–water partition coefficient (Wildman–Crippen LogP) is 2.67. The molecule has 0 fully saturated rings. The van der Waals surface area contributed by atoms with Crippen LogP contribution in [0.5, 0.6) is 0 Å². The van der Waals surface area contributed by atoms with Crippen LogP contribution in [-0.4, -0.2) is 35.7 Å². The second-order valence-corrected chi connectivity index (χ2v) is 5.64. The topological polar surface area (TPSA) is 92.7 Å². The summed E-state index contributed by atoms with van der Waals surface area (Å²) in [5.74, 6) is -4.86. The Bertz CT molecular complexity index is 604. The van der Waals surface area contributed by atoms with Gasteiger partial charge in [-0.3, -0.25) is 14.4 Å². The maximum atomic E-state index is 12.0. The molecule has 0 unspecified atom stereocenters. The van der Waals surface area contributed by atoms with Crippen molar-refractivity contribution in [1.29, 1.82) is 0 Å². The summed E-state index contributed by atoms with van der Waals surface area (Å²) in [6.07, 6.45) is -4.74. The van der Waals surface area contributed by atoms with E-state index < -0.39 is 29.9 Å². The summed E-state index contributed by atoms with van der Waals surface area (Å²) in [5.41, 5.74) is 0.771. The molecule has 0 saturated heterocycles. The first-order chi connectivity index (χ1) is 12.2. The zero-order chi connectivity index (χ0) is 19.6. The molecule has 1 amide bonds. The van der Waals surface area contributed by atoms with Crippen LogP contribution in [0, 0.1) is 5.92 Å². The Morgan fingerprint density at radius 3 is 2.35 bits per heavy atom. The number of carbonyl (C=O) groups is 3. The maximum Gasteiger partial charge on any atom is 0.471 e. The van der Waals surface area contributed by atoms with Crippen LogP contribution in [0.2, 0.25) is 0 Å². The molecule has 0 radical (unpaired) electrons. The van der Waals surface area contributed by atoms with Gasteiger partial charge in [0, 0.05) is 6.54 Å². The highest BCUT2D eigenvalue weighted by atomic mass is 19.4. The molecule has 26 heavy (non-hydrogen) atoms. The van der Waals surface area contributed by atoms with Crippen molar-refractivity contribution in [3.05, 3.63) is 35.9 Å². The molecule has 0 aliphatic rings. The van der Waals surface area contributed by atoms with E-state index in [0.717, 1.165) is 5.56 Å². The van der Waals surface area contributed by atoms with E-state index >= 15 is 0 Å². The van der Waals surface area contributed by atoms with Gasteiger partial charge in [0.1, 0.15) is 6.61 Å². The number of hydrogen-bond donors (Lipinski definition) is 2. The van der Waals surface area contributed by atoms with Crippen LogP contribution in [0.4, 0.5) is 13.2 Å². The lowest BCUT2D eigenvalue weighted by Gasteiger charge is -2.12. The third-order valence-electron chi connectivity index (χ3n) is 3.53. The van der Waals surface area contributed by atoms with Gasteiger partial charge in [-0.2, -0.15) is 13.2 Å². The van der Waals surface area contributed by atoms with Crippen LogP contribution in [0.1, 0.15) is 31.2 Å². The molecule has 9 heteroatoms. The lowest BCUT2D eigenvalue weighted by Crippen LogP contribution is -2.37. The number of benzene rings is 1. The zero-order valence-corrected chi connectivity index (χ0v) is 13.9. The van der Waals surface area contributed by atoms with E-state index in [1.165, 1.54) is 0 Å². The minimum atomic E-state index is -4.94. The lowest BCUT2D eigenvalue weighted by molar-refractivity contribution is -0.173. The number of aliphatic carboxylic acids is 1. The molecule has 0 saturated carbocycles. The largest absolute Gasteiger partial charge is 0.481 e. The number of unbranched alkanes of at least 4 members (excludes halogenated alkanes) is 1. The standard InChI is InChI=1S/C17H20F3NO5/c18-17(19,20)16(25)21-9-5-4-8-13(15(23)24)10-14(22)26-11-12-6-2-1-3-7-12/h1-3,6-7,13H,4-5,8-11H2,(H,21,25)(H,23,24)/t13-/m1/s1. The van der Waals surface area contributed by atoms with Crippen molar-refractivity contribution in [2.45, 2.75) is 38.5 Å². The van der Waals surface area contributed by atoms with Gasteiger partial charge in [-0.15, -0.1) is 0 Å². The van der Waals surface area contributed by atoms with Gasteiger partial charge in [0.2, 0.25) is 0 Å². The van der Waals surface area contributed by atoms with E-state index in [1.54, 1.807) is 29.6 Å². The molecular weight excluding hydrogens is 355 g/mol. The first kappa shape index (κ1) is 21.5. The molecule has 0 aliphatic heterocycles. The van der Waals surface area contributed by atoms with Gasteiger partial charge < -0.3 is 15.2 Å². The summed E-state index contributed by atoms with van der Waals surface area (Å²) in [7, 11) is 0. The van der Waals surface area contributed by atoms with E-state index in [4.69, 9.17) is 9.84 Å². The Kier molecular flexibility index (Phi) is 8.60. The number of hydrogen-bond acceptors (Lipinski definition) is 4. The van der Waals surface area contributed by atoms with Gasteiger partial charge >= 0.3 is 24.0 Å². The summed E-state index contributed by atoms with van der Waals surface area (Å²) in [5, 5.41) is 10.8. The Balaban J connectivity index is 2.29. The van der Waals surface area contributed by atoms with Crippen LogP contribution in [0.25, 0.3) is 0 Å². The van der Waals surface area contributed by atoms with Gasteiger partial charge in [-0.1, -0.05) is 36.8 Å². The fourth-order valence-corrected chi connectivity index (χ4v) is 2.13. The smallest absolute Gasteiger partial charge is 0.471 e. The summed E-state index contributed by atoms with van der Waals surface area (Å²) in [4.78, 5) is 33.6. The summed E-state index contributed by atoms with van der Waals surface area (Å²) >= 11 is 0. The molecule has 0 bridgehead atoms. The number of carbonyl (C=O) groups excluding carboxylic acids is 2. The molecule has 0 aromatic heterocycles. The number of amides is 1. The summed E-state index contributed by atoms with van der Waals surface area (Å²) < 4.78 is 41.0.